The van der Waals surface area contributed by atoms with Crippen molar-refractivity contribution < 1.29 is 49.1 Å². The summed E-state index contributed by atoms with van der Waals surface area (Å²) in [6.07, 6.45) is 11.9. The van der Waals surface area contributed by atoms with Crippen molar-refractivity contribution in [2.24, 2.45) is 11.7 Å². The van der Waals surface area contributed by atoms with Crippen molar-refractivity contribution in [1.82, 2.24) is 5.32 Å². The number of aliphatic hydroxyl groups is 1. The molecule has 0 bridgehead atoms. The van der Waals surface area contributed by atoms with E-state index < -0.39 is 47.8 Å². The number of nitrogens with two attached hydrogens (primary N) is 1. The van der Waals surface area contributed by atoms with Gasteiger partial charge in [0.1, 0.15) is 17.6 Å². The fourth-order valence-corrected chi connectivity index (χ4v) is 4.93. The first-order chi connectivity index (χ1) is 21.9. The van der Waals surface area contributed by atoms with Crippen LogP contribution >= 0.6 is 0 Å². The minimum atomic E-state index is -3.02. The molecular weight excluding hydrogens is 596 g/mol. The highest BCUT2D eigenvalue weighted by Gasteiger charge is 2.49. The number of hydrogen-bond donors (Lipinski definition) is 6. The number of aliphatic carboxylic acids is 3. The summed E-state index contributed by atoms with van der Waals surface area (Å²) < 4.78 is 5.53. The summed E-state index contributed by atoms with van der Waals surface area (Å²) in [5.41, 5.74) is 2.97. The van der Waals surface area contributed by atoms with Gasteiger partial charge in [-0.25, -0.2) is 9.59 Å². The molecule has 7 N–H and O–H groups in total. The van der Waals surface area contributed by atoms with E-state index in [2.05, 4.69) is 12.2 Å². The molecule has 0 aliphatic rings. The van der Waals surface area contributed by atoms with Gasteiger partial charge in [0.05, 0.1) is 18.9 Å². The lowest BCUT2D eigenvalue weighted by molar-refractivity contribution is -0.172. The number of carbonyl (C=O) groups excluding carboxylic acids is 2. The Morgan fingerprint density at radius 1 is 0.891 bits per heavy atom. The Hall–Kier alpha value is -3.77. The summed E-state index contributed by atoms with van der Waals surface area (Å²) in [6.45, 7) is 3.04. The lowest BCUT2D eigenvalue weighted by atomic mass is 9.82. The summed E-state index contributed by atoms with van der Waals surface area (Å²) in [5, 5.41) is 42.0. The van der Waals surface area contributed by atoms with Crippen molar-refractivity contribution in [2.45, 2.75) is 115 Å². The molecule has 1 rings (SSSR count). The molecule has 0 aliphatic heterocycles. The van der Waals surface area contributed by atoms with Gasteiger partial charge in [0.15, 0.2) is 5.60 Å². The second-order valence-electron chi connectivity index (χ2n) is 11.6. The molecule has 0 spiro atoms. The van der Waals surface area contributed by atoms with Gasteiger partial charge in [0, 0.05) is 19.3 Å². The van der Waals surface area contributed by atoms with Crippen LogP contribution in [0.5, 0.6) is 5.75 Å². The second-order valence-corrected chi connectivity index (χ2v) is 11.6. The van der Waals surface area contributed by atoms with Crippen molar-refractivity contribution in [1.29, 1.82) is 0 Å². The van der Waals surface area contributed by atoms with Crippen molar-refractivity contribution in [3.05, 3.63) is 42.0 Å². The molecule has 0 saturated heterocycles. The number of benzene rings is 1. The standard InChI is InChI=1S/C34H52N2O10/c1-2-3-4-7-10-14-26(37)15-11-8-5-6-9-12-16-28(34(45,33(43)44)24-30(38)39)31(40)36-29(32(41)42)23-25-17-19-27(20-18-25)46-22-13-21-35/h12,16-20,28-29,45H,2-11,13-15,21-24,35H2,1H3,(H,36,40)(H,38,39)(H,41,42)(H,43,44)/b16-12+/t28-,29+,34+/m1/s1. The molecule has 258 valence electrons. The van der Waals surface area contributed by atoms with Gasteiger partial charge >= 0.3 is 17.9 Å². The smallest absolute Gasteiger partial charge is 0.337 e. The van der Waals surface area contributed by atoms with Gasteiger partial charge in [-0.05, 0) is 56.3 Å². The van der Waals surface area contributed by atoms with Crippen molar-refractivity contribution >= 4 is 29.6 Å². The number of Topliss-reactive ketones (excluding diaryl/α,β-unsaturated/α-hetero) is 1. The van der Waals surface area contributed by atoms with Gasteiger partial charge in [0.25, 0.3) is 0 Å². The zero-order valence-electron chi connectivity index (χ0n) is 27.0. The molecule has 1 aromatic carbocycles. The van der Waals surface area contributed by atoms with E-state index in [1.165, 1.54) is 12.5 Å². The zero-order chi connectivity index (χ0) is 34.4. The third-order valence-corrected chi connectivity index (χ3v) is 7.65. The van der Waals surface area contributed by atoms with Gasteiger partial charge in [0.2, 0.25) is 5.91 Å². The van der Waals surface area contributed by atoms with Crippen LogP contribution in [-0.4, -0.2) is 74.8 Å². The largest absolute Gasteiger partial charge is 0.494 e. The van der Waals surface area contributed by atoms with Crippen molar-refractivity contribution in [3.8, 4) is 5.75 Å². The minimum Gasteiger partial charge on any atom is -0.494 e. The molecule has 0 fully saturated rings. The van der Waals surface area contributed by atoms with Gasteiger partial charge in [-0.15, -0.1) is 0 Å². The molecule has 1 aromatic rings. The molecule has 46 heavy (non-hydrogen) atoms. The number of hydrogen-bond acceptors (Lipinski definition) is 8. The number of amides is 1. The predicted molar refractivity (Wildman–Crippen MR) is 172 cm³/mol. The van der Waals surface area contributed by atoms with Crippen LogP contribution < -0.4 is 15.8 Å². The van der Waals surface area contributed by atoms with Gasteiger partial charge < -0.3 is 36.2 Å². The van der Waals surface area contributed by atoms with E-state index in [0.717, 1.165) is 51.0 Å². The average molecular weight is 649 g/mol. The summed E-state index contributed by atoms with van der Waals surface area (Å²) >= 11 is 0. The maximum absolute atomic E-state index is 13.3. The van der Waals surface area contributed by atoms with E-state index in [0.29, 0.717) is 56.6 Å². The molecule has 0 aromatic heterocycles. The molecule has 3 atom stereocenters. The molecule has 0 radical (unpaired) electrons. The first kappa shape index (κ1) is 40.3. The van der Waals surface area contributed by atoms with E-state index in [4.69, 9.17) is 10.5 Å². The summed E-state index contributed by atoms with van der Waals surface area (Å²) in [5.74, 6) is -7.16. The van der Waals surface area contributed by atoms with Gasteiger partial charge in [-0.3, -0.25) is 14.4 Å². The number of carboxylic acid groups (broad SMARTS) is 3. The molecular formula is C34H52N2O10. The predicted octanol–water partition coefficient (Wildman–Crippen LogP) is 4.26. The average Bonchev–Trinajstić information content (AvgIpc) is 3.00. The number of carbonyl (C=O) groups is 5. The number of ketones is 1. The summed E-state index contributed by atoms with van der Waals surface area (Å²) in [4.78, 5) is 60.8. The lowest BCUT2D eigenvalue weighted by Crippen LogP contribution is -2.55. The normalized spacial score (nSPS) is 13.9. The number of allylic oxidation sites excluding steroid dienone is 1. The summed E-state index contributed by atoms with van der Waals surface area (Å²) in [6, 6.07) is 5.04. The van der Waals surface area contributed by atoms with Crippen LogP contribution in [0.15, 0.2) is 36.4 Å². The Morgan fingerprint density at radius 3 is 2.04 bits per heavy atom. The highest BCUT2D eigenvalue weighted by atomic mass is 16.5. The van der Waals surface area contributed by atoms with E-state index >= 15 is 0 Å². The fraction of sp³-hybridized carbons (Fsp3) is 0.618. The Kier molecular flexibility index (Phi) is 19.9. The van der Waals surface area contributed by atoms with Crippen LogP contribution in [0, 0.1) is 5.92 Å². The first-order valence-corrected chi connectivity index (χ1v) is 16.3. The Morgan fingerprint density at radius 2 is 1.50 bits per heavy atom. The Bertz CT molecular complexity index is 1120. The monoisotopic (exact) mass is 648 g/mol. The molecule has 0 unspecified atom stereocenters. The molecule has 0 heterocycles. The van der Waals surface area contributed by atoms with Crippen LogP contribution in [0.4, 0.5) is 0 Å². The van der Waals surface area contributed by atoms with E-state index in [-0.39, 0.29) is 12.2 Å². The van der Waals surface area contributed by atoms with Crippen LogP contribution in [0.3, 0.4) is 0 Å². The summed E-state index contributed by atoms with van der Waals surface area (Å²) in [7, 11) is 0. The van der Waals surface area contributed by atoms with Crippen LogP contribution in [0.25, 0.3) is 0 Å². The van der Waals surface area contributed by atoms with Gasteiger partial charge in [-0.2, -0.15) is 0 Å². The van der Waals surface area contributed by atoms with Crippen molar-refractivity contribution in [3.63, 3.8) is 0 Å². The van der Waals surface area contributed by atoms with E-state index in [1.807, 2.05) is 0 Å². The number of nitrogens with one attached hydrogen (secondary N) is 1. The van der Waals surface area contributed by atoms with Crippen LogP contribution in [0.2, 0.25) is 0 Å². The van der Waals surface area contributed by atoms with E-state index in [9.17, 15) is 44.4 Å². The quantitative estimate of drug-likeness (QED) is 0.0585. The number of unbranched alkanes of at least 4 members (excludes halogenated alkanes) is 8. The fourth-order valence-electron chi connectivity index (χ4n) is 4.93. The molecule has 0 saturated carbocycles. The number of rotatable bonds is 27. The minimum absolute atomic E-state index is 0.160. The maximum atomic E-state index is 13.3. The Labute approximate surface area is 271 Å². The topological polar surface area (TPSA) is 214 Å². The van der Waals surface area contributed by atoms with Crippen LogP contribution in [-0.2, 0) is 30.4 Å². The highest BCUT2D eigenvalue weighted by molar-refractivity contribution is 5.94. The maximum Gasteiger partial charge on any atom is 0.337 e. The number of carboxylic acids is 3. The Balaban J connectivity index is 2.81. The van der Waals surface area contributed by atoms with Crippen LogP contribution in [0.1, 0.15) is 102 Å². The zero-order valence-corrected chi connectivity index (χ0v) is 27.0. The van der Waals surface area contributed by atoms with Crippen molar-refractivity contribution in [2.75, 3.05) is 13.2 Å². The third-order valence-electron chi connectivity index (χ3n) is 7.65. The van der Waals surface area contributed by atoms with E-state index in [1.54, 1.807) is 24.3 Å². The van der Waals surface area contributed by atoms with Gasteiger partial charge in [-0.1, -0.05) is 69.7 Å². The second kappa shape index (κ2) is 22.7. The first-order valence-electron chi connectivity index (χ1n) is 16.3. The molecule has 12 nitrogen and oxygen atoms in total. The highest BCUT2D eigenvalue weighted by Crippen LogP contribution is 2.26. The number of ether oxygens (including phenoxy) is 1. The third kappa shape index (κ3) is 16.0. The molecule has 1 amide bonds. The lowest BCUT2D eigenvalue weighted by Gasteiger charge is -2.29. The SMILES string of the molecule is CCCCCCCC(=O)CCCCCC/C=C/[C@H](C(=O)N[C@@H](Cc1ccc(OCCCN)cc1)C(=O)O)[C@@](O)(CC(=O)O)C(=O)O. The molecule has 0 aliphatic carbocycles. The molecule has 12 heteroatoms.